The fraction of sp³-hybridized carbons (Fsp3) is 0.294. The summed E-state index contributed by atoms with van der Waals surface area (Å²) in [6.07, 6.45) is 4.39. The van der Waals surface area contributed by atoms with E-state index in [4.69, 9.17) is 4.74 Å². The van der Waals surface area contributed by atoms with Crippen molar-refractivity contribution in [2.45, 2.75) is 25.7 Å². The first kappa shape index (κ1) is 13.0. The van der Waals surface area contributed by atoms with Crippen LogP contribution >= 0.6 is 22.6 Å². The maximum Gasteiger partial charge on any atom is 0.132 e. The van der Waals surface area contributed by atoms with E-state index in [1.54, 1.807) is 7.11 Å². The number of fused-ring (bicyclic) bond motifs is 4. The minimum Gasteiger partial charge on any atom is -0.496 e. The zero-order chi connectivity index (χ0) is 13.2. The highest BCUT2D eigenvalue weighted by molar-refractivity contribution is 14.1. The molecule has 1 nitrogen and oxygen atoms in total. The summed E-state index contributed by atoms with van der Waals surface area (Å²) < 4.78 is 6.78. The number of hydrogen-bond acceptors (Lipinski definition) is 1. The van der Waals surface area contributed by atoms with Crippen molar-refractivity contribution in [1.29, 1.82) is 0 Å². The predicted octanol–water partition coefficient (Wildman–Crippen LogP) is 4.18. The van der Waals surface area contributed by atoms with E-state index in [-0.39, 0.29) is 0 Å². The van der Waals surface area contributed by atoms with Gasteiger partial charge in [0.1, 0.15) is 5.75 Å². The Kier molecular flexibility index (Phi) is 3.78. The summed E-state index contributed by atoms with van der Waals surface area (Å²) in [6, 6.07) is 13.6. The molecule has 0 radical (unpaired) electrons. The van der Waals surface area contributed by atoms with Gasteiger partial charge in [-0.25, -0.2) is 0 Å². The van der Waals surface area contributed by atoms with Crippen molar-refractivity contribution >= 4 is 22.6 Å². The second-order valence-corrected chi connectivity index (χ2v) is 6.17. The summed E-state index contributed by atoms with van der Waals surface area (Å²) in [5.41, 5.74) is 5.69. The van der Waals surface area contributed by atoms with Gasteiger partial charge < -0.3 is 4.74 Å². The highest BCUT2D eigenvalue weighted by Gasteiger charge is 2.11. The van der Waals surface area contributed by atoms with Gasteiger partial charge in [-0.1, -0.05) is 30.3 Å². The Balaban J connectivity index is 2.03. The molecule has 0 heterocycles. The van der Waals surface area contributed by atoms with E-state index < -0.39 is 0 Å². The van der Waals surface area contributed by atoms with Crippen molar-refractivity contribution in [2.24, 2.45) is 0 Å². The fourth-order valence-electron chi connectivity index (χ4n) is 2.70. The lowest BCUT2D eigenvalue weighted by molar-refractivity contribution is 0.410. The molecule has 4 bridgehead atoms. The van der Waals surface area contributed by atoms with Gasteiger partial charge in [-0.05, 0) is 76.6 Å². The number of halogens is 1. The van der Waals surface area contributed by atoms with Crippen molar-refractivity contribution in [3.8, 4) is 5.75 Å². The molecule has 0 spiro atoms. The number of hydrogen-bond donors (Lipinski definition) is 0. The number of ether oxygens (including phenoxy) is 1. The Hall–Kier alpha value is -1.03. The van der Waals surface area contributed by atoms with Gasteiger partial charge in [-0.3, -0.25) is 0 Å². The number of aryl methyl sites for hydroxylation is 4. The first-order chi connectivity index (χ1) is 9.26. The van der Waals surface area contributed by atoms with Gasteiger partial charge in [0.15, 0.2) is 0 Å². The van der Waals surface area contributed by atoms with Crippen molar-refractivity contribution in [3.63, 3.8) is 0 Å². The molecule has 2 heteroatoms. The van der Waals surface area contributed by atoms with Gasteiger partial charge in [0, 0.05) is 0 Å². The highest BCUT2D eigenvalue weighted by Crippen LogP contribution is 2.29. The molecule has 0 N–H and O–H groups in total. The summed E-state index contributed by atoms with van der Waals surface area (Å²) >= 11 is 2.41. The van der Waals surface area contributed by atoms with Crippen LogP contribution in [0.2, 0.25) is 0 Å². The van der Waals surface area contributed by atoms with Crippen LogP contribution in [0.15, 0.2) is 36.4 Å². The van der Waals surface area contributed by atoms with Gasteiger partial charge >= 0.3 is 0 Å². The molecule has 19 heavy (non-hydrogen) atoms. The molecule has 0 amide bonds. The van der Waals surface area contributed by atoms with Gasteiger partial charge in [-0.15, -0.1) is 0 Å². The quantitative estimate of drug-likeness (QED) is 0.690. The van der Waals surface area contributed by atoms with Crippen LogP contribution in [0.4, 0.5) is 0 Å². The molecule has 0 unspecified atom stereocenters. The van der Waals surface area contributed by atoms with E-state index in [0.29, 0.717) is 0 Å². The largest absolute Gasteiger partial charge is 0.496 e. The van der Waals surface area contributed by atoms with E-state index in [9.17, 15) is 0 Å². The Morgan fingerprint density at radius 1 is 0.895 bits per heavy atom. The van der Waals surface area contributed by atoms with Gasteiger partial charge in [-0.2, -0.15) is 0 Å². The van der Waals surface area contributed by atoms with Crippen molar-refractivity contribution < 1.29 is 4.74 Å². The summed E-state index contributed by atoms with van der Waals surface area (Å²) in [5, 5.41) is 0. The third kappa shape index (κ3) is 2.78. The van der Waals surface area contributed by atoms with Crippen LogP contribution in [-0.4, -0.2) is 7.11 Å². The second kappa shape index (κ2) is 5.53. The molecule has 0 saturated heterocycles. The number of benzene rings is 2. The zero-order valence-electron chi connectivity index (χ0n) is 11.1. The van der Waals surface area contributed by atoms with E-state index >= 15 is 0 Å². The van der Waals surface area contributed by atoms with Gasteiger partial charge in [0.05, 0.1) is 10.7 Å². The smallest absolute Gasteiger partial charge is 0.132 e. The highest BCUT2D eigenvalue weighted by atomic mass is 127. The third-order valence-electron chi connectivity index (χ3n) is 3.77. The molecule has 0 aromatic heterocycles. The zero-order valence-corrected chi connectivity index (χ0v) is 13.2. The average Bonchev–Trinajstić information content (AvgIpc) is 2.44. The lowest BCUT2D eigenvalue weighted by Gasteiger charge is -2.15. The molecule has 2 aromatic carbocycles. The fourth-order valence-corrected chi connectivity index (χ4v) is 3.50. The molecular weight excluding hydrogens is 347 g/mol. The van der Waals surface area contributed by atoms with E-state index in [1.807, 2.05) is 0 Å². The summed E-state index contributed by atoms with van der Waals surface area (Å²) in [5.74, 6) is 1.03. The average molecular weight is 364 g/mol. The molecule has 0 saturated carbocycles. The minimum atomic E-state index is 1.03. The van der Waals surface area contributed by atoms with Crippen LogP contribution < -0.4 is 4.74 Å². The standard InChI is InChI=1S/C17H17IO/c1-19-16-11-14-6-5-12-3-2-4-13(9-12)7-8-15(10-14)17(16)18/h2-4,9-11H,5-8H2,1H3. The normalized spacial score (nSPS) is 14.0. The lowest BCUT2D eigenvalue weighted by Crippen LogP contribution is -2.03. The molecule has 0 aliphatic heterocycles. The van der Waals surface area contributed by atoms with Gasteiger partial charge in [0.2, 0.25) is 0 Å². The molecule has 0 fully saturated rings. The molecule has 1 aliphatic carbocycles. The first-order valence-electron chi connectivity index (χ1n) is 6.69. The van der Waals surface area contributed by atoms with Crippen LogP contribution in [0.1, 0.15) is 22.3 Å². The van der Waals surface area contributed by atoms with Crippen LogP contribution in [0, 0.1) is 3.57 Å². The number of rotatable bonds is 1. The Bertz CT molecular complexity index is 604. The third-order valence-corrected chi connectivity index (χ3v) is 5.00. The number of methoxy groups -OCH3 is 1. The van der Waals surface area contributed by atoms with Crippen LogP contribution in [-0.2, 0) is 25.7 Å². The van der Waals surface area contributed by atoms with Crippen LogP contribution in [0.25, 0.3) is 0 Å². The lowest BCUT2D eigenvalue weighted by atomic mass is 9.95. The van der Waals surface area contributed by atoms with Crippen molar-refractivity contribution in [1.82, 2.24) is 0 Å². The SMILES string of the molecule is COc1cc2cc(c1I)CCc1cccc(c1)CC2. The molecule has 0 atom stereocenters. The van der Waals surface area contributed by atoms with Gasteiger partial charge in [0.25, 0.3) is 0 Å². The van der Waals surface area contributed by atoms with E-state index in [0.717, 1.165) is 31.4 Å². The van der Waals surface area contributed by atoms with E-state index in [2.05, 4.69) is 59.0 Å². The maximum atomic E-state index is 5.51. The molecule has 2 aromatic rings. The summed E-state index contributed by atoms with van der Waals surface area (Å²) in [7, 11) is 1.76. The minimum absolute atomic E-state index is 1.03. The van der Waals surface area contributed by atoms with Crippen LogP contribution in [0.5, 0.6) is 5.75 Å². The second-order valence-electron chi connectivity index (χ2n) is 5.09. The maximum absolute atomic E-state index is 5.51. The Morgan fingerprint density at radius 3 is 2.32 bits per heavy atom. The Labute approximate surface area is 128 Å². The summed E-state index contributed by atoms with van der Waals surface area (Å²) in [4.78, 5) is 0. The molecule has 1 aliphatic rings. The predicted molar refractivity (Wildman–Crippen MR) is 87.0 cm³/mol. The summed E-state index contributed by atoms with van der Waals surface area (Å²) in [6.45, 7) is 0. The molecular formula is C17H17IO. The van der Waals surface area contributed by atoms with Crippen LogP contribution in [0.3, 0.4) is 0 Å². The van der Waals surface area contributed by atoms with E-state index in [1.165, 1.54) is 25.8 Å². The first-order valence-corrected chi connectivity index (χ1v) is 7.77. The monoisotopic (exact) mass is 364 g/mol. The Morgan fingerprint density at radius 2 is 1.58 bits per heavy atom. The topological polar surface area (TPSA) is 9.23 Å². The molecule has 98 valence electrons. The van der Waals surface area contributed by atoms with Crippen molar-refractivity contribution in [2.75, 3.05) is 7.11 Å². The van der Waals surface area contributed by atoms with Crippen molar-refractivity contribution in [3.05, 3.63) is 62.2 Å². The molecule has 3 rings (SSSR count).